The molecular formula is C34H43NO5. The molecule has 0 fully saturated rings. The maximum Gasteiger partial charge on any atom is 0.323 e. The number of ether oxygens (including phenoxy) is 1. The van der Waals surface area contributed by atoms with E-state index in [0.29, 0.717) is 5.56 Å². The molecule has 3 aromatic carbocycles. The zero-order valence-electron chi connectivity index (χ0n) is 24.9. The van der Waals surface area contributed by atoms with E-state index < -0.39 is 5.97 Å². The van der Waals surface area contributed by atoms with Crippen LogP contribution in [-0.4, -0.2) is 53.3 Å². The molecule has 6 nitrogen and oxygen atoms in total. The lowest BCUT2D eigenvalue weighted by Gasteiger charge is -2.34. The summed E-state index contributed by atoms with van der Waals surface area (Å²) in [7, 11) is 1.49. The number of allylic oxidation sites excluding steroid dienone is 1. The Morgan fingerprint density at radius 2 is 1.52 bits per heavy atom. The smallest absolute Gasteiger partial charge is 0.323 e. The van der Waals surface area contributed by atoms with Gasteiger partial charge >= 0.3 is 5.97 Å². The molecule has 0 heterocycles. The van der Waals surface area contributed by atoms with E-state index >= 15 is 0 Å². The maximum absolute atomic E-state index is 12.7. The van der Waals surface area contributed by atoms with Crippen molar-refractivity contribution in [3.8, 4) is 5.75 Å². The van der Waals surface area contributed by atoms with Crippen molar-refractivity contribution in [2.75, 3.05) is 20.2 Å². The van der Waals surface area contributed by atoms with Gasteiger partial charge in [0.2, 0.25) is 0 Å². The minimum absolute atomic E-state index is 0.0105. The number of rotatable bonds is 12. The van der Waals surface area contributed by atoms with Gasteiger partial charge in [0.25, 0.3) is 5.91 Å². The summed E-state index contributed by atoms with van der Waals surface area (Å²) in [5.41, 5.74) is 5.77. The number of nitrogens with zero attached hydrogens (tertiary/aromatic N) is 1. The molecule has 3 rings (SSSR count). The highest BCUT2D eigenvalue weighted by atomic mass is 16.5. The van der Waals surface area contributed by atoms with Gasteiger partial charge in [-0.2, -0.15) is 0 Å². The molecule has 0 saturated heterocycles. The first-order valence-electron chi connectivity index (χ1n) is 14.1. The van der Waals surface area contributed by atoms with Gasteiger partial charge in [-0.25, -0.2) is 0 Å². The molecule has 1 amide bonds. The first-order chi connectivity index (χ1) is 19.0. The van der Waals surface area contributed by atoms with Crippen LogP contribution in [0.15, 0.2) is 65.7 Å². The van der Waals surface area contributed by atoms with Gasteiger partial charge in [-0.3, -0.25) is 9.59 Å². The van der Waals surface area contributed by atoms with E-state index in [-0.39, 0.29) is 30.6 Å². The van der Waals surface area contributed by atoms with Crippen molar-refractivity contribution in [1.82, 2.24) is 4.90 Å². The lowest BCUT2D eigenvalue weighted by Crippen LogP contribution is -2.31. The third-order valence-electron chi connectivity index (χ3n) is 8.13. The summed E-state index contributed by atoms with van der Waals surface area (Å²) in [6.07, 6.45) is 2.43. The van der Waals surface area contributed by atoms with Gasteiger partial charge < -0.3 is 19.8 Å². The maximum atomic E-state index is 12.7. The zero-order valence-corrected chi connectivity index (χ0v) is 24.9. The van der Waals surface area contributed by atoms with Gasteiger partial charge in [0.15, 0.2) is 0 Å². The number of fused-ring (bicyclic) bond motifs is 1. The van der Waals surface area contributed by atoms with E-state index in [2.05, 4.69) is 58.0 Å². The highest BCUT2D eigenvalue weighted by molar-refractivity contribution is 5.99. The number of aliphatic hydroxyl groups excluding tert-OH is 1. The predicted molar refractivity (Wildman–Crippen MR) is 161 cm³/mol. The van der Waals surface area contributed by atoms with Crippen LogP contribution in [0.3, 0.4) is 0 Å². The van der Waals surface area contributed by atoms with Crippen LogP contribution >= 0.6 is 0 Å². The third-order valence-corrected chi connectivity index (χ3v) is 8.13. The van der Waals surface area contributed by atoms with E-state index in [1.54, 1.807) is 6.07 Å². The van der Waals surface area contributed by atoms with Gasteiger partial charge in [-0.05, 0) is 91.3 Å². The fraction of sp³-hybridized carbons (Fsp3) is 0.412. The topological polar surface area (TPSA) is 87.1 Å². The van der Waals surface area contributed by atoms with Crippen molar-refractivity contribution in [2.24, 2.45) is 0 Å². The molecule has 0 bridgehead atoms. The largest absolute Gasteiger partial charge is 0.486 e. The van der Waals surface area contributed by atoms with E-state index in [9.17, 15) is 14.7 Å². The lowest BCUT2D eigenvalue weighted by molar-refractivity contribution is -0.137. The van der Waals surface area contributed by atoms with Crippen molar-refractivity contribution in [1.29, 1.82) is 0 Å². The minimum Gasteiger partial charge on any atom is -0.486 e. The van der Waals surface area contributed by atoms with Crippen molar-refractivity contribution in [3.05, 3.63) is 88.0 Å². The van der Waals surface area contributed by atoms with Gasteiger partial charge in [-0.1, -0.05) is 62.7 Å². The monoisotopic (exact) mass is 545 g/mol. The SMILES string of the molecule is CCC(Oc1ccc(C(CC)(CC)c2ccc3cc(C(=O)N(C)CC(=O)O)ccc3c2)cc1C)C(CO)=C(C)C. The Hall–Kier alpha value is -3.64. The second-order valence-electron chi connectivity index (χ2n) is 10.8. The zero-order chi connectivity index (χ0) is 29.6. The number of aryl methyl sites for hydroxylation is 1. The highest BCUT2D eigenvalue weighted by Gasteiger charge is 2.31. The molecule has 0 saturated carbocycles. The highest BCUT2D eigenvalue weighted by Crippen LogP contribution is 2.41. The van der Waals surface area contributed by atoms with Crippen LogP contribution in [0, 0.1) is 6.92 Å². The Kier molecular flexibility index (Phi) is 10.2. The molecule has 40 heavy (non-hydrogen) atoms. The number of carboxylic acid groups (broad SMARTS) is 1. The van der Waals surface area contributed by atoms with Crippen molar-refractivity contribution in [2.45, 2.75) is 72.3 Å². The fourth-order valence-electron chi connectivity index (χ4n) is 5.62. The molecule has 1 atom stereocenters. The average Bonchev–Trinajstić information content (AvgIpc) is 2.93. The van der Waals surface area contributed by atoms with Crippen LogP contribution in [0.25, 0.3) is 10.8 Å². The van der Waals surface area contributed by atoms with Crippen LogP contribution in [0.4, 0.5) is 0 Å². The standard InChI is InChI=1S/C34H43NO5/c1-8-30(29(21-36)22(4)5)40-31-16-15-27(17-23(31)6)34(9-2,10-3)28-14-13-24-18-26(12-11-25(24)19-28)33(39)35(7)20-32(37)38/h11-19,30,36H,8-10,20-21H2,1-7H3,(H,37,38). The van der Waals surface area contributed by atoms with E-state index in [4.69, 9.17) is 9.84 Å². The van der Waals surface area contributed by atoms with Gasteiger partial charge in [0, 0.05) is 18.0 Å². The first-order valence-corrected chi connectivity index (χ1v) is 14.1. The Balaban J connectivity index is 1.97. The first kappa shape index (κ1) is 30.9. The molecule has 0 aliphatic rings. The molecule has 0 aliphatic heterocycles. The number of benzene rings is 3. The second-order valence-corrected chi connectivity index (χ2v) is 10.8. The predicted octanol–water partition coefficient (Wildman–Crippen LogP) is 6.90. The Bertz CT molecular complexity index is 1400. The molecule has 3 aromatic rings. The number of aliphatic carboxylic acids is 1. The normalized spacial score (nSPS) is 12.2. The van der Waals surface area contributed by atoms with Crippen molar-refractivity contribution < 1.29 is 24.5 Å². The number of carbonyl (C=O) groups is 2. The minimum atomic E-state index is -1.04. The summed E-state index contributed by atoms with van der Waals surface area (Å²) in [4.78, 5) is 24.9. The molecule has 6 heteroatoms. The summed E-state index contributed by atoms with van der Waals surface area (Å²) in [5, 5.41) is 20.9. The van der Waals surface area contributed by atoms with E-state index in [1.807, 2.05) is 32.0 Å². The van der Waals surface area contributed by atoms with Crippen molar-refractivity contribution in [3.63, 3.8) is 0 Å². The summed E-state index contributed by atoms with van der Waals surface area (Å²) in [6.45, 7) is 12.2. The summed E-state index contributed by atoms with van der Waals surface area (Å²) >= 11 is 0. The number of carboxylic acids is 1. The third kappa shape index (κ3) is 6.39. The van der Waals surface area contributed by atoms with E-state index in [0.717, 1.165) is 52.5 Å². The van der Waals surface area contributed by atoms with Crippen LogP contribution in [0.5, 0.6) is 5.75 Å². The van der Waals surface area contributed by atoms with Crippen LogP contribution in [0.1, 0.15) is 80.9 Å². The molecule has 1 unspecified atom stereocenters. The van der Waals surface area contributed by atoms with Crippen LogP contribution in [0.2, 0.25) is 0 Å². The Morgan fingerprint density at radius 3 is 2.08 bits per heavy atom. The second kappa shape index (κ2) is 13.1. The number of carbonyl (C=O) groups excluding carboxylic acids is 1. The van der Waals surface area contributed by atoms with Crippen molar-refractivity contribution >= 4 is 22.6 Å². The van der Waals surface area contributed by atoms with Crippen LogP contribution in [-0.2, 0) is 10.2 Å². The number of amides is 1. The van der Waals surface area contributed by atoms with E-state index in [1.165, 1.54) is 23.1 Å². The number of hydrogen-bond donors (Lipinski definition) is 2. The lowest BCUT2D eigenvalue weighted by atomic mass is 9.70. The quantitative estimate of drug-likeness (QED) is 0.242. The van der Waals surface area contributed by atoms with Gasteiger partial charge in [-0.15, -0.1) is 0 Å². The average molecular weight is 546 g/mol. The molecule has 0 aliphatic carbocycles. The number of likely N-dealkylation sites (N-methyl/N-ethyl adjacent to an activating group) is 1. The number of aliphatic hydroxyl groups is 1. The Labute approximate surface area is 238 Å². The summed E-state index contributed by atoms with van der Waals surface area (Å²) in [6, 6.07) is 18.4. The summed E-state index contributed by atoms with van der Waals surface area (Å²) < 4.78 is 6.39. The molecule has 214 valence electrons. The number of hydrogen-bond acceptors (Lipinski definition) is 4. The molecule has 0 spiro atoms. The fourth-order valence-corrected chi connectivity index (χ4v) is 5.62. The molecular weight excluding hydrogens is 502 g/mol. The molecule has 0 aromatic heterocycles. The Morgan fingerprint density at radius 1 is 0.925 bits per heavy atom. The molecule has 2 N–H and O–H groups in total. The van der Waals surface area contributed by atoms with Gasteiger partial charge in [0.1, 0.15) is 18.4 Å². The van der Waals surface area contributed by atoms with Crippen LogP contribution < -0.4 is 4.74 Å². The molecule has 0 radical (unpaired) electrons. The summed E-state index contributed by atoms with van der Waals surface area (Å²) in [5.74, 6) is -0.532. The van der Waals surface area contributed by atoms with Gasteiger partial charge in [0.05, 0.1) is 6.61 Å².